The Kier molecular flexibility index (Phi) is 7.09. The van der Waals surface area contributed by atoms with Crippen molar-refractivity contribution in [2.24, 2.45) is 0 Å². The quantitative estimate of drug-likeness (QED) is 0.635. The Morgan fingerprint density at radius 1 is 1.07 bits per heavy atom. The minimum absolute atomic E-state index is 0.139. The fourth-order valence-corrected chi connectivity index (χ4v) is 3.24. The number of nitrogens with zero attached hydrogens (tertiary/aromatic N) is 3. The van der Waals surface area contributed by atoms with Gasteiger partial charge in [0, 0.05) is 51.4 Å². The van der Waals surface area contributed by atoms with Crippen molar-refractivity contribution in [1.29, 1.82) is 0 Å². The lowest BCUT2D eigenvalue weighted by atomic mass is 10.2. The van der Waals surface area contributed by atoms with Gasteiger partial charge in [-0.25, -0.2) is 4.98 Å². The highest BCUT2D eigenvalue weighted by Crippen LogP contribution is 2.22. The van der Waals surface area contributed by atoms with E-state index >= 15 is 0 Å². The average molecular weight is 397 g/mol. The molecule has 3 rings (SSSR count). The first-order valence-corrected chi connectivity index (χ1v) is 9.51. The second kappa shape index (κ2) is 9.54. The van der Waals surface area contributed by atoms with Gasteiger partial charge < -0.3 is 14.1 Å². The van der Waals surface area contributed by atoms with Crippen molar-refractivity contribution in [3.05, 3.63) is 41.8 Å². The number of halogens is 3. The zero-order valence-electron chi connectivity index (χ0n) is 16.0. The summed E-state index contributed by atoms with van der Waals surface area (Å²) in [6.07, 6.45) is -3.63. The minimum Gasteiger partial charge on any atom is -0.441 e. The third-order valence-electron chi connectivity index (χ3n) is 4.78. The van der Waals surface area contributed by atoms with Crippen molar-refractivity contribution in [3.8, 4) is 11.5 Å². The van der Waals surface area contributed by atoms with E-state index in [2.05, 4.69) is 19.5 Å². The van der Waals surface area contributed by atoms with E-state index in [1.807, 2.05) is 37.3 Å². The fraction of sp³-hybridized carbons (Fsp3) is 0.550. The van der Waals surface area contributed by atoms with Gasteiger partial charge in [0.15, 0.2) is 0 Å². The zero-order chi connectivity index (χ0) is 20.0. The van der Waals surface area contributed by atoms with Crippen molar-refractivity contribution in [1.82, 2.24) is 14.8 Å². The maximum absolute atomic E-state index is 12.0. The molecule has 0 radical (unpaired) electrons. The molecule has 1 aromatic carbocycles. The lowest BCUT2D eigenvalue weighted by Gasteiger charge is -2.34. The van der Waals surface area contributed by atoms with Gasteiger partial charge in [0.1, 0.15) is 12.4 Å². The number of hydrogen-bond acceptors (Lipinski definition) is 5. The Morgan fingerprint density at radius 2 is 1.75 bits per heavy atom. The van der Waals surface area contributed by atoms with E-state index < -0.39 is 12.8 Å². The van der Waals surface area contributed by atoms with Gasteiger partial charge in [-0.15, -0.1) is 0 Å². The molecule has 8 heteroatoms. The Labute approximate surface area is 163 Å². The highest BCUT2D eigenvalue weighted by atomic mass is 19.4. The first-order chi connectivity index (χ1) is 13.4. The summed E-state index contributed by atoms with van der Waals surface area (Å²) in [6, 6.07) is 9.84. The van der Waals surface area contributed by atoms with Crippen LogP contribution in [-0.4, -0.2) is 66.9 Å². The number of hydrogen-bond donors (Lipinski definition) is 0. The summed E-state index contributed by atoms with van der Waals surface area (Å²) in [7, 11) is 0. The van der Waals surface area contributed by atoms with Crippen molar-refractivity contribution >= 4 is 0 Å². The molecule has 1 aliphatic rings. The molecule has 28 heavy (non-hydrogen) atoms. The summed E-state index contributed by atoms with van der Waals surface area (Å²) in [5.41, 5.74) is 1.92. The van der Waals surface area contributed by atoms with Crippen LogP contribution < -0.4 is 0 Å². The summed E-state index contributed by atoms with van der Waals surface area (Å²) in [4.78, 5) is 9.24. The Bertz CT molecular complexity index is 726. The van der Waals surface area contributed by atoms with Crippen molar-refractivity contribution in [2.45, 2.75) is 26.1 Å². The smallest absolute Gasteiger partial charge is 0.411 e. The van der Waals surface area contributed by atoms with E-state index in [0.29, 0.717) is 12.3 Å². The number of ether oxygens (including phenoxy) is 1. The molecule has 2 aromatic rings. The van der Waals surface area contributed by atoms with Gasteiger partial charge in [-0.2, -0.15) is 13.2 Å². The summed E-state index contributed by atoms with van der Waals surface area (Å²) in [5.74, 6) is 1.48. The van der Waals surface area contributed by atoms with Crippen LogP contribution in [-0.2, 0) is 11.3 Å². The molecule has 5 nitrogen and oxygen atoms in total. The van der Waals surface area contributed by atoms with Gasteiger partial charge in [-0.3, -0.25) is 4.90 Å². The SMILES string of the molecule is Cc1oc(-c2ccccc2)nc1CN1CCN(CCCOCC(F)(F)F)CC1. The van der Waals surface area contributed by atoms with Crippen LogP contribution in [0.15, 0.2) is 34.7 Å². The van der Waals surface area contributed by atoms with Gasteiger partial charge in [-0.1, -0.05) is 18.2 Å². The number of alkyl halides is 3. The molecule has 1 aliphatic heterocycles. The normalized spacial score (nSPS) is 16.6. The monoisotopic (exact) mass is 397 g/mol. The molecular weight excluding hydrogens is 371 g/mol. The van der Waals surface area contributed by atoms with Gasteiger partial charge in [0.05, 0.1) is 5.69 Å². The molecule has 0 saturated carbocycles. The van der Waals surface area contributed by atoms with Crippen LogP contribution in [0, 0.1) is 6.92 Å². The van der Waals surface area contributed by atoms with Gasteiger partial charge in [-0.05, 0) is 25.5 Å². The maximum atomic E-state index is 12.0. The first-order valence-electron chi connectivity index (χ1n) is 9.51. The molecular formula is C20H26F3N3O2. The van der Waals surface area contributed by atoms with Crippen LogP contribution in [0.5, 0.6) is 0 Å². The average Bonchev–Trinajstić information content (AvgIpc) is 3.03. The number of aromatic nitrogens is 1. The summed E-state index contributed by atoms with van der Waals surface area (Å²) < 4.78 is 46.6. The van der Waals surface area contributed by atoms with Gasteiger partial charge >= 0.3 is 6.18 Å². The molecule has 1 fully saturated rings. The molecule has 154 valence electrons. The van der Waals surface area contributed by atoms with Crippen LogP contribution in [0.25, 0.3) is 11.5 Å². The topological polar surface area (TPSA) is 41.7 Å². The van der Waals surface area contributed by atoms with Crippen molar-refractivity contribution in [2.75, 3.05) is 45.9 Å². The number of piperazine rings is 1. The molecule has 0 N–H and O–H groups in total. The van der Waals surface area contributed by atoms with Crippen molar-refractivity contribution < 1.29 is 22.3 Å². The summed E-state index contributed by atoms with van der Waals surface area (Å²) in [5, 5.41) is 0. The van der Waals surface area contributed by atoms with Crippen LogP contribution in [0.4, 0.5) is 13.2 Å². The molecule has 2 heterocycles. The predicted octanol–water partition coefficient (Wildman–Crippen LogP) is 3.74. The second-order valence-electron chi connectivity index (χ2n) is 7.03. The van der Waals surface area contributed by atoms with E-state index in [4.69, 9.17) is 4.42 Å². The lowest BCUT2D eigenvalue weighted by molar-refractivity contribution is -0.174. The molecule has 1 saturated heterocycles. The second-order valence-corrected chi connectivity index (χ2v) is 7.03. The number of benzene rings is 1. The standard InChI is InChI=1S/C20H26F3N3O2/c1-16-18(24-19(28-16)17-6-3-2-4-7-17)14-26-11-9-25(10-12-26)8-5-13-27-15-20(21,22)23/h2-4,6-7H,5,8-15H2,1H3. The van der Waals surface area contributed by atoms with E-state index in [-0.39, 0.29) is 6.61 Å². The van der Waals surface area contributed by atoms with E-state index in [1.54, 1.807) is 0 Å². The largest absolute Gasteiger partial charge is 0.441 e. The van der Waals surface area contributed by atoms with E-state index in [1.165, 1.54) is 0 Å². The summed E-state index contributed by atoms with van der Waals surface area (Å²) >= 11 is 0. The highest BCUT2D eigenvalue weighted by Gasteiger charge is 2.27. The van der Waals surface area contributed by atoms with Crippen LogP contribution >= 0.6 is 0 Å². The molecule has 0 amide bonds. The Balaban J connectivity index is 1.39. The van der Waals surface area contributed by atoms with Gasteiger partial charge in [0.25, 0.3) is 0 Å². The van der Waals surface area contributed by atoms with Crippen LogP contribution in [0.2, 0.25) is 0 Å². The number of rotatable bonds is 8. The van der Waals surface area contributed by atoms with E-state index in [0.717, 1.165) is 56.3 Å². The predicted molar refractivity (Wildman–Crippen MR) is 99.9 cm³/mol. The molecule has 0 spiro atoms. The Hall–Kier alpha value is -1.90. The van der Waals surface area contributed by atoms with Crippen molar-refractivity contribution in [3.63, 3.8) is 0 Å². The zero-order valence-corrected chi connectivity index (χ0v) is 16.0. The number of aryl methyl sites for hydroxylation is 1. The molecule has 0 bridgehead atoms. The number of oxazole rings is 1. The third-order valence-corrected chi connectivity index (χ3v) is 4.78. The minimum atomic E-state index is -4.24. The molecule has 0 aliphatic carbocycles. The van der Waals surface area contributed by atoms with Crippen LogP contribution in [0.1, 0.15) is 17.9 Å². The van der Waals surface area contributed by atoms with Crippen LogP contribution in [0.3, 0.4) is 0 Å². The lowest BCUT2D eigenvalue weighted by Crippen LogP contribution is -2.46. The third kappa shape index (κ3) is 6.32. The fourth-order valence-electron chi connectivity index (χ4n) is 3.24. The van der Waals surface area contributed by atoms with E-state index in [9.17, 15) is 13.2 Å². The van der Waals surface area contributed by atoms with Gasteiger partial charge in [0.2, 0.25) is 5.89 Å². The summed E-state index contributed by atoms with van der Waals surface area (Å²) in [6.45, 7) is 5.99. The molecule has 0 atom stereocenters. The molecule has 1 aromatic heterocycles. The highest BCUT2D eigenvalue weighted by molar-refractivity contribution is 5.53. The maximum Gasteiger partial charge on any atom is 0.411 e. The molecule has 0 unspecified atom stereocenters. The first kappa shape index (κ1) is 20.8. The Morgan fingerprint density at radius 3 is 2.43 bits per heavy atom.